The maximum Gasteiger partial charge on any atom is 0.303 e. The molecule has 9 atom stereocenters. The van der Waals surface area contributed by atoms with E-state index in [-0.39, 0.29) is 72.2 Å². The number of rotatable bonds is 18. The van der Waals surface area contributed by atoms with Crippen LogP contribution in [0, 0.1) is 5.92 Å². The van der Waals surface area contributed by atoms with Gasteiger partial charge in [0.15, 0.2) is 0 Å². The van der Waals surface area contributed by atoms with Gasteiger partial charge in [0.1, 0.15) is 23.9 Å². The normalized spacial score (nSPS) is 32.7. The number of nitrogens with one attached hydrogen (secondary N) is 3. The van der Waals surface area contributed by atoms with Gasteiger partial charge in [0.05, 0.1) is 37.4 Å². The summed E-state index contributed by atoms with van der Waals surface area (Å²) in [5.74, 6) is -1.16. The van der Waals surface area contributed by atoms with Gasteiger partial charge in [-0.1, -0.05) is 37.1 Å². The highest BCUT2D eigenvalue weighted by molar-refractivity contribution is 6.12. The molecule has 59 heavy (non-hydrogen) atoms. The van der Waals surface area contributed by atoms with E-state index in [1.807, 2.05) is 26.0 Å². The van der Waals surface area contributed by atoms with Gasteiger partial charge in [-0.2, -0.15) is 0 Å². The van der Waals surface area contributed by atoms with Crippen molar-refractivity contribution in [1.29, 1.82) is 0 Å². The molecule has 0 aromatic carbocycles. The number of esters is 1. The number of aliphatic hydroxyl groups is 1. The lowest BCUT2D eigenvalue weighted by Crippen LogP contribution is -2.51. The van der Waals surface area contributed by atoms with E-state index in [1.165, 1.54) is 30.1 Å². The molecule has 0 bridgehead atoms. The van der Waals surface area contributed by atoms with Crippen molar-refractivity contribution in [2.24, 2.45) is 5.92 Å². The Morgan fingerprint density at radius 3 is 2.25 bits per heavy atom. The highest BCUT2D eigenvalue weighted by atomic mass is 16.6. The van der Waals surface area contributed by atoms with Crippen molar-refractivity contribution >= 4 is 35.5 Å². The van der Waals surface area contributed by atoms with E-state index >= 15 is 0 Å². The average Bonchev–Trinajstić information content (AvgIpc) is 3.88. The molecule has 5 aliphatic rings. The molecule has 326 valence electrons. The number of hydrogen-bond acceptors (Lipinski definition) is 11. The molecule has 15 nitrogen and oxygen atoms in total. The Morgan fingerprint density at radius 2 is 1.61 bits per heavy atom. The summed E-state index contributed by atoms with van der Waals surface area (Å²) in [6.07, 6.45) is 16.3. The van der Waals surface area contributed by atoms with E-state index < -0.39 is 36.0 Å². The van der Waals surface area contributed by atoms with Gasteiger partial charge in [-0.3, -0.25) is 33.7 Å². The molecule has 4 heterocycles. The van der Waals surface area contributed by atoms with Gasteiger partial charge in [0.25, 0.3) is 11.8 Å². The molecule has 0 aromatic heterocycles. The Labute approximate surface area is 347 Å². The van der Waals surface area contributed by atoms with Crippen molar-refractivity contribution in [3.8, 4) is 0 Å². The zero-order chi connectivity index (χ0) is 42.7. The standard InChI is InChI=1S/C44H64N4O11/c1-27(10-17-36-28(2)23-35(30(4)58-36)47-39(51)19-12-29(3)57-31(5)49)11-18-37-43(55)44(26-56-44)25-34(59-37)24-40(52)46-33-15-13-32(14-16-33)45-38(50)9-7-6-8-22-48-41(53)20-21-42(48)54/h10-12,18-21,28-30,32-37,43,55H,6-9,13-17,22-26H2,1-5H3,(H,45,50)(H,46,52)(H,47,51)/b18-11+,19-12-,27-10+/t28-,29-,30+,32?,33?,34+,35+,36-,37+,43+,44+/m0/s1. The van der Waals surface area contributed by atoms with Crippen LogP contribution in [0.4, 0.5) is 0 Å². The number of carbonyl (C=O) groups is 6. The molecule has 0 unspecified atom stereocenters. The van der Waals surface area contributed by atoms with Gasteiger partial charge >= 0.3 is 5.97 Å². The molecule has 1 saturated carbocycles. The first-order chi connectivity index (χ1) is 28.1. The number of aliphatic hydroxyl groups excluding tert-OH is 1. The van der Waals surface area contributed by atoms with E-state index in [9.17, 15) is 33.9 Å². The first kappa shape index (κ1) is 45.9. The zero-order valence-corrected chi connectivity index (χ0v) is 35.2. The van der Waals surface area contributed by atoms with Crippen molar-refractivity contribution in [3.05, 3.63) is 48.1 Å². The van der Waals surface area contributed by atoms with Crippen LogP contribution in [0.15, 0.2) is 48.1 Å². The van der Waals surface area contributed by atoms with Crippen molar-refractivity contribution in [1.82, 2.24) is 20.9 Å². The van der Waals surface area contributed by atoms with Gasteiger partial charge in [0.2, 0.25) is 17.7 Å². The van der Waals surface area contributed by atoms with Crippen molar-refractivity contribution in [3.63, 3.8) is 0 Å². The second kappa shape index (κ2) is 21.4. The quantitative estimate of drug-likeness (QED) is 0.0394. The Morgan fingerprint density at radius 1 is 0.949 bits per heavy atom. The van der Waals surface area contributed by atoms with Crippen molar-refractivity contribution < 1.29 is 52.8 Å². The summed E-state index contributed by atoms with van der Waals surface area (Å²) in [6, 6.07) is -0.0735. The lowest BCUT2D eigenvalue weighted by molar-refractivity contribution is -0.146. The molecule has 3 saturated heterocycles. The van der Waals surface area contributed by atoms with Crippen LogP contribution in [0.1, 0.15) is 112 Å². The van der Waals surface area contributed by atoms with Crippen LogP contribution in [0.2, 0.25) is 0 Å². The fourth-order valence-corrected chi connectivity index (χ4v) is 8.45. The number of nitrogens with zero attached hydrogens (tertiary/aromatic N) is 1. The van der Waals surface area contributed by atoms with Gasteiger partial charge in [-0.25, -0.2) is 0 Å². The van der Waals surface area contributed by atoms with Crippen LogP contribution in [-0.4, -0.2) is 119 Å². The smallest absolute Gasteiger partial charge is 0.303 e. The van der Waals surface area contributed by atoms with Crippen LogP contribution in [-0.2, 0) is 47.7 Å². The summed E-state index contributed by atoms with van der Waals surface area (Å²) >= 11 is 0. The first-order valence-electron chi connectivity index (χ1n) is 21.4. The fourth-order valence-electron chi connectivity index (χ4n) is 8.45. The Bertz CT molecular complexity index is 1630. The third-order valence-corrected chi connectivity index (χ3v) is 12.0. The van der Waals surface area contributed by atoms with Crippen LogP contribution >= 0.6 is 0 Å². The number of epoxide rings is 1. The lowest BCUT2D eigenvalue weighted by atomic mass is 9.87. The predicted octanol–water partition coefficient (Wildman–Crippen LogP) is 3.39. The second-order valence-electron chi connectivity index (χ2n) is 17.0. The Kier molecular flexibility index (Phi) is 16.6. The molecule has 4 aliphatic heterocycles. The number of imide groups is 1. The van der Waals surface area contributed by atoms with Gasteiger partial charge < -0.3 is 40.0 Å². The largest absolute Gasteiger partial charge is 0.459 e. The molecule has 4 N–H and O–H groups in total. The number of amides is 5. The Balaban J connectivity index is 0.990. The minimum absolute atomic E-state index is 0.00510. The molecule has 1 spiro atoms. The summed E-state index contributed by atoms with van der Waals surface area (Å²) in [5.41, 5.74) is 0.270. The number of carbonyl (C=O) groups excluding carboxylic acids is 6. The van der Waals surface area contributed by atoms with E-state index in [0.29, 0.717) is 45.3 Å². The summed E-state index contributed by atoms with van der Waals surface area (Å²) in [7, 11) is 0. The number of allylic oxidation sites excluding steroid dienone is 2. The molecule has 5 rings (SSSR count). The molecule has 5 amide bonds. The summed E-state index contributed by atoms with van der Waals surface area (Å²) < 4.78 is 23.4. The Hall–Kier alpha value is -4.18. The van der Waals surface area contributed by atoms with Crippen LogP contribution in [0.5, 0.6) is 0 Å². The number of unbranched alkanes of at least 4 members (excludes halogenated alkanes) is 2. The molecular formula is C44H64N4O11. The first-order valence-corrected chi connectivity index (χ1v) is 21.4. The minimum Gasteiger partial charge on any atom is -0.459 e. The molecule has 15 heteroatoms. The second-order valence-corrected chi connectivity index (χ2v) is 17.0. The molecule has 1 aliphatic carbocycles. The predicted molar refractivity (Wildman–Crippen MR) is 217 cm³/mol. The van der Waals surface area contributed by atoms with E-state index in [2.05, 4.69) is 29.0 Å². The SMILES string of the molecule is CC(=O)O[C@@H](C)/C=C\C(=O)N[C@@H]1C[C@H](C)[C@H](C/C=C(C)/C=C/[C@H]2O[C@H](CC(=O)NC3CCC(NC(=O)CCCCCN4C(=O)C=CC4=O)CC3)C[C@@]3(CO3)[C@@H]2O)O[C@@H]1C. The van der Waals surface area contributed by atoms with Crippen molar-refractivity contribution in [2.45, 2.75) is 172 Å². The third-order valence-electron chi connectivity index (χ3n) is 12.0. The van der Waals surface area contributed by atoms with E-state index in [1.54, 1.807) is 13.0 Å². The molecular weight excluding hydrogens is 761 g/mol. The third kappa shape index (κ3) is 13.9. The van der Waals surface area contributed by atoms with Crippen LogP contribution < -0.4 is 16.0 Å². The summed E-state index contributed by atoms with van der Waals surface area (Å²) in [5, 5.41) is 20.4. The van der Waals surface area contributed by atoms with Crippen LogP contribution in [0.25, 0.3) is 0 Å². The minimum atomic E-state index is -0.852. The molecule has 0 radical (unpaired) electrons. The van der Waals surface area contributed by atoms with Crippen LogP contribution in [0.3, 0.4) is 0 Å². The highest BCUT2D eigenvalue weighted by Gasteiger charge is 2.58. The maximum absolute atomic E-state index is 13.2. The average molecular weight is 825 g/mol. The number of ether oxygens (including phenoxy) is 4. The number of hydrogen-bond donors (Lipinski definition) is 4. The fraction of sp³-hybridized carbons (Fsp3) is 0.682. The van der Waals surface area contributed by atoms with Gasteiger partial charge in [0, 0.05) is 56.6 Å². The summed E-state index contributed by atoms with van der Waals surface area (Å²) in [6.45, 7) is 9.84. The maximum atomic E-state index is 13.2. The van der Waals surface area contributed by atoms with Crippen molar-refractivity contribution in [2.75, 3.05) is 13.2 Å². The highest BCUT2D eigenvalue weighted by Crippen LogP contribution is 2.43. The molecule has 0 aromatic rings. The van der Waals surface area contributed by atoms with E-state index in [4.69, 9.17) is 18.9 Å². The summed E-state index contributed by atoms with van der Waals surface area (Å²) in [4.78, 5) is 73.8. The monoisotopic (exact) mass is 824 g/mol. The zero-order valence-electron chi connectivity index (χ0n) is 35.2. The molecule has 4 fully saturated rings. The lowest BCUT2D eigenvalue weighted by Gasteiger charge is -2.39. The van der Waals surface area contributed by atoms with Gasteiger partial charge in [-0.05, 0) is 84.1 Å². The van der Waals surface area contributed by atoms with Gasteiger partial charge in [-0.15, -0.1) is 0 Å². The topological polar surface area (TPSA) is 202 Å². The van der Waals surface area contributed by atoms with E-state index in [0.717, 1.165) is 44.1 Å².